The van der Waals surface area contributed by atoms with E-state index in [-0.39, 0.29) is 4.90 Å². The van der Waals surface area contributed by atoms with Crippen LogP contribution in [0.3, 0.4) is 0 Å². The number of rotatable bonds is 5. The zero-order valence-electron chi connectivity index (χ0n) is 12.8. The summed E-state index contributed by atoms with van der Waals surface area (Å²) in [5.74, 6) is 0. The fourth-order valence-electron chi connectivity index (χ4n) is 2.21. The Morgan fingerprint density at radius 3 is 1.88 bits per heavy atom. The average Bonchev–Trinajstić information content (AvgIpc) is 2.64. The van der Waals surface area contributed by atoms with Crippen molar-refractivity contribution in [2.45, 2.75) is 4.90 Å². The van der Waals surface area contributed by atoms with E-state index in [1.807, 2.05) is 54.6 Å². The number of benzene rings is 3. The lowest BCUT2D eigenvalue weighted by molar-refractivity contribution is 0.584. The molecule has 4 nitrogen and oxygen atoms in total. The number of hydrogen-bond acceptors (Lipinski definition) is 3. The quantitative estimate of drug-likeness (QED) is 0.571. The van der Waals surface area contributed by atoms with Gasteiger partial charge in [-0.25, -0.2) is 4.83 Å². The van der Waals surface area contributed by atoms with Crippen LogP contribution in [-0.4, -0.2) is 14.6 Å². The summed E-state index contributed by atoms with van der Waals surface area (Å²) in [5.41, 5.74) is 3.04. The Morgan fingerprint density at radius 1 is 0.708 bits per heavy atom. The van der Waals surface area contributed by atoms with E-state index >= 15 is 0 Å². The first-order chi connectivity index (χ1) is 11.6. The highest BCUT2D eigenvalue weighted by atomic mass is 32.2. The molecule has 0 aromatic heterocycles. The Labute approximate surface area is 141 Å². The Kier molecular flexibility index (Phi) is 4.72. The van der Waals surface area contributed by atoms with Crippen molar-refractivity contribution in [2.75, 3.05) is 0 Å². The monoisotopic (exact) mass is 336 g/mol. The lowest BCUT2D eigenvalue weighted by Crippen LogP contribution is -2.18. The molecule has 0 aliphatic carbocycles. The highest BCUT2D eigenvalue weighted by Gasteiger charge is 2.10. The van der Waals surface area contributed by atoms with Crippen molar-refractivity contribution in [1.82, 2.24) is 4.83 Å². The van der Waals surface area contributed by atoms with Gasteiger partial charge in [-0.05, 0) is 28.8 Å². The van der Waals surface area contributed by atoms with Crippen molar-refractivity contribution in [2.24, 2.45) is 5.10 Å². The van der Waals surface area contributed by atoms with E-state index < -0.39 is 10.0 Å². The molecule has 0 amide bonds. The van der Waals surface area contributed by atoms with Crippen LogP contribution in [0.4, 0.5) is 0 Å². The SMILES string of the molecule is O=S(=O)(N/N=C\c1ccc(-c2ccccc2)cc1)c1ccccc1. The Balaban J connectivity index is 1.69. The lowest BCUT2D eigenvalue weighted by Gasteiger charge is -2.03. The van der Waals surface area contributed by atoms with E-state index in [4.69, 9.17) is 0 Å². The fourth-order valence-corrected chi connectivity index (χ4v) is 3.03. The van der Waals surface area contributed by atoms with Crippen LogP contribution in [0.1, 0.15) is 5.56 Å². The minimum Gasteiger partial charge on any atom is -0.200 e. The van der Waals surface area contributed by atoms with Gasteiger partial charge in [0.15, 0.2) is 0 Å². The second-order valence-electron chi connectivity index (χ2n) is 5.15. The molecule has 0 heterocycles. The molecule has 0 aliphatic rings. The molecule has 3 aromatic carbocycles. The van der Waals surface area contributed by atoms with E-state index in [9.17, 15) is 8.42 Å². The second kappa shape index (κ2) is 7.10. The van der Waals surface area contributed by atoms with E-state index in [1.54, 1.807) is 18.2 Å². The zero-order valence-corrected chi connectivity index (χ0v) is 13.6. The first-order valence-electron chi connectivity index (χ1n) is 7.40. The van der Waals surface area contributed by atoms with Gasteiger partial charge in [0, 0.05) is 0 Å². The molecule has 0 saturated heterocycles. The minimum absolute atomic E-state index is 0.182. The average molecular weight is 336 g/mol. The van der Waals surface area contributed by atoms with E-state index in [2.05, 4.69) is 9.93 Å². The molecular weight excluding hydrogens is 320 g/mol. The van der Waals surface area contributed by atoms with Crippen molar-refractivity contribution in [3.8, 4) is 11.1 Å². The summed E-state index contributed by atoms with van der Waals surface area (Å²) in [4.78, 5) is 2.39. The maximum absolute atomic E-state index is 12.0. The molecule has 0 aliphatic heterocycles. The van der Waals surface area contributed by atoms with E-state index in [0.717, 1.165) is 16.7 Å². The second-order valence-corrected chi connectivity index (χ2v) is 6.81. The summed E-state index contributed by atoms with van der Waals surface area (Å²) in [6.45, 7) is 0. The van der Waals surface area contributed by atoms with Crippen molar-refractivity contribution in [3.05, 3.63) is 90.5 Å². The fraction of sp³-hybridized carbons (Fsp3) is 0. The van der Waals surface area contributed by atoms with Crippen molar-refractivity contribution in [3.63, 3.8) is 0 Å². The van der Waals surface area contributed by atoms with E-state index in [1.165, 1.54) is 18.3 Å². The normalized spacial score (nSPS) is 11.5. The lowest BCUT2D eigenvalue weighted by atomic mass is 10.0. The molecule has 1 N–H and O–H groups in total. The minimum atomic E-state index is -3.63. The number of hydrazone groups is 1. The summed E-state index contributed by atoms with van der Waals surface area (Å²) >= 11 is 0. The summed E-state index contributed by atoms with van der Waals surface area (Å²) < 4.78 is 24.1. The van der Waals surface area contributed by atoms with Crippen molar-refractivity contribution in [1.29, 1.82) is 0 Å². The Hall–Kier alpha value is -2.92. The summed E-state index contributed by atoms with van der Waals surface area (Å²) in [7, 11) is -3.63. The molecule has 3 aromatic rings. The smallest absolute Gasteiger partial charge is 0.200 e. The van der Waals surface area contributed by atoms with Crippen LogP contribution in [0.5, 0.6) is 0 Å². The third-order valence-electron chi connectivity index (χ3n) is 3.46. The van der Waals surface area contributed by atoms with Gasteiger partial charge < -0.3 is 0 Å². The highest BCUT2D eigenvalue weighted by Crippen LogP contribution is 2.18. The molecule has 0 radical (unpaired) electrons. The molecule has 3 rings (SSSR count). The highest BCUT2D eigenvalue weighted by molar-refractivity contribution is 7.89. The predicted octanol–water partition coefficient (Wildman–Crippen LogP) is 3.67. The van der Waals surface area contributed by atoms with Gasteiger partial charge in [0.05, 0.1) is 11.1 Å². The number of hydrogen-bond donors (Lipinski definition) is 1. The van der Waals surface area contributed by atoms with Gasteiger partial charge in [0.25, 0.3) is 10.0 Å². The van der Waals surface area contributed by atoms with Crippen LogP contribution in [0.25, 0.3) is 11.1 Å². The van der Waals surface area contributed by atoms with Crippen LogP contribution >= 0.6 is 0 Å². The maximum atomic E-state index is 12.0. The van der Waals surface area contributed by atoms with Crippen LogP contribution in [0.2, 0.25) is 0 Å². The van der Waals surface area contributed by atoms with Gasteiger partial charge in [-0.1, -0.05) is 72.8 Å². The van der Waals surface area contributed by atoms with Gasteiger partial charge >= 0.3 is 0 Å². The number of nitrogens with zero attached hydrogens (tertiary/aromatic N) is 1. The van der Waals surface area contributed by atoms with E-state index in [0.29, 0.717) is 0 Å². The third kappa shape index (κ3) is 3.88. The van der Waals surface area contributed by atoms with Gasteiger partial charge in [-0.2, -0.15) is 13.5 Å². The van der Waals surface area contributed by atoms with Crippen LogP contribution in [0.15, 0.2) is 94.9 Å². The number of sulfonamides is 1. The number of nitrogens with one attached hydrogen (secondary N) is 1. The van der Waals surface area contributed by atoms with Gasteiger partial charge in [-0.3, -0.25) is 0 Å². The molecule has 0 saturated carbocycles. The Morgan fingerprint density at radius 2 is 1.25 bits per heavy atom. The molecule has 0 spiro atoms. The largest absolute Gasteiger partial charge is 0.276 e. The van der Waals surface area contributed by atoms with Gasteiger partial charge in [0.2, 0.25) is 0 Å². The van der Waals surface area contributed by atoms with Crippen LogP contribution in [0, 0.1) is 0 Å². The summed E-state index contributed by atoms with van der Waals surface area (Å²) in [6, 6.07) is 25.9. The molecule has 0 unspecified atom stereocenters. The molecule has 0 atom stereocenters. The molecule has 24 heavy (non-hydrogen) atoms. The third-order valence-corrected chi connectivity index (χ3v) is 4.70. The maximum Gasteiger partial charge on any atom is 0.276 e. The first kappa shape index (κ1) is 16.0. The summed E-state index contributed by atoms with van der Waals surface area (Å²) in [5, 5.41) is 3.83. The van der Waals surface area contributed by atoms with Crippen LogP contribution in [-0.2, 0) is 10.0 Å². The Bertz CT molecular complexity index is 920. The molecule has 120 valence electrons. The zero-order chi connectivity index (χ0) is 16.8. The topological polar surface area (TPSA) is 58.5 Å². The first-order valence-corrected chi connectivity index (χ1v) is 8.89. The van der Waals surface area contributed by atoms with Gasteiger partial charge in [0.1, 0.15) is 0 Å². The van der Waals surface area contributed by atoms with Crippen molar-refractivity contribution < 1.29 is 8.42 Å². The molecule has 0 fully saturated rings. The molecule has 5 heteroatoms. The van der Waals surface area contributed by atoms with Crippen molar-refractivity contribution >= 4 is 16.2 Å². The summed E-state index contributed by atoms with van der Waals surface area (Å²) in [6.07, 6.45) is 1.48. The standard InChI is InChI=1S/C19H16N2O2S/c22-24(23,19-9-5-2-6-10-19)21-20-15-16-11-13-18(14-12-16)17-7-3-1-4-8-17/h1-15,21H/b20-15-. The predicted molar refractivity (Wildman–Crippen MR) is 96.2 cm³/mol. The van der Waals surface area contributed by atoms with Crippen LogP contribution < -0.4 is 4.83 Å². The molecular formula is C19H16N2O2S. The van der Waals surface area contributed by atoms with Gasteiger partial charge in [-0.15, -0.1) is 0 Å². The molecule has 0 bridgehead atoms.